The third kappa shape index (κ3) is 5.26. The predicted octanol–water partition coefficient (Wildman–Crippen LogP) is 4.60. The second kappa shape index (κ2) is 10.1. The number of nitrogens with zero attached hydrogens (tertiary/aromatic N) is 2. The maximum atomic E-state index is 13.1. The third-order valence-corrected chi connectivity index (χ3v) is 5.24. The number of piperidine rings is 1. The van der Waals surface area contributed by atoms with Crippen LogP contribution in [-0.2, 0) is 6.54 Å². The molecule has 1 aliphatic rings. The van der Waals surface area contributed by atoms with Crippen LogP contribution < -0.4 is 10.1 Å². The van der Waals surface area contributed by atoms with Crippen LogP contribution in [0.1, 0.15) is 31.7 Å². The number of anilines is 1. The van der Waals surface area contributed by atoms with Crippen molar-refractivity contribution in [3.05, 3.63) is 60.2 Å². The Bertz CT molecular complexity index is 751. The topological polar surface area (TPSA) is 44.8 Å². The van der Waals surface area contributed by atoms with Gasteiger partial charge in [-0.2, -0.15) is 0 Å². The van der Waals surface area contributed by atoms with Crippen molar-refractivity contribution in [2.75, 3.05) is 32.1 Å². The molecule has 1 atom stereocenters. The molecule has 150 valence electrons. The van der Waals surface area contributed by atoms with E-state index in [2.05, 4.69) is 41.4 Å². The van der Waals surface area contributed by atoms with Crippen molar-refractivity contribution < 1.29 is 9.53 Å². The summed E-state index contributed by atoms with van der Waals surface area (Å²) in [5.74, 6) is 0.682. The second-order valence-corrected chi connectivity index (χ2v) is 7.34. The molecule has 5 nitrogen and oxygen atoms in total. The Kier molecular flexibility index (Phi) is 7.31. The van der Waals surface area contributed by atoms with Crippen LogP contribution in [0.5, 0.6) is 5.75 Å². The first-order valence-electron chi connectivity index (χ1n) is 10.2. The minimum Gasteiger partial charge on any atom is -0.495 e. The van der Waals surface area contributed by atoms with E-state index in [1.807, 2.05) is 35.2 Å². The fourth-order valence-electron chi connectivity index (χ4n) is 3.90. The summed E-state index contributed by atoms with van der Waals surface area (Å²) in [4.78, 5) is 17.5. The van der Waals surface area contributed by atoms with Gasteiger partial charge in [-0.15, -0.1) is 0 Å². The van der Waals surface area contributed by atoms with Gasteiger partial charge < -0.3 is 15.0 Å². The highest BCUT2D eigenvalue weighted by Gasteiger charge is 2.28. The number of carbonyl (C=O) groups is 1. The number of hydrogen-bond acceptors (Lipinski definition) is 3. The Balaban J connectivity index is 1.67. The molecule has 2 aromatic rings. The van der Waals surface area contributed by atoms with Crippen LogP contribution in [-0.4, -0.2) is 48.6 Å². The number of carbonyl (C=O) groups excluding carboxylic acids is 1. The van der Waals surface area contributed by atoms with Gasteiger partial charge in [0.05, 0.1) is 12.8 Å². The first-order chi connectivity index (χ1) is 13.7. The van der Waals surface area contributed by atoms with E-state index in [-0.39, 0.29) is 12.1 Å². The molecular weight excluding hydrogens is 350 g/mol. The molecule has 5 heteroatoms. The lowest BCUT2D eigenvalue weighted by Gasteiger charge is -2.39. The molecule has 0 spiro atoms. The first kappa shape index (κ1) is 20.2. The molecular formula is C23H31N3O2. The van der Waals surface area contributed by atoms with E-state index >= 15 is 0 Å². The summed E-state index contributed by atoms with van der Waals surface area (Å²) in [6.07, 6.45) is 3.10. The summed E-state index contributed by atoms with van der Waals surface area (Å²) in [6, 6.07) is 18.3. The minimum absolute atomic E-state index is 0.0436. The molecule has 1 unspecified atom stereocenters. The lowest BCUT2D eigenvalue weighted by molar-refractivity contribution is 0.113. The van der Waals surface area contributed by atoms with E-state index in [1.54, 1.807) is 7.11 Å². The SMILES string of the molecule is CCCN(C(=O)Nc1ccccc1OC)C1CCCN(Cc2ccccc2)C1. The summed E-state index contributed by atoms with van der Waals surface area (Å²) >= 11 is 0. The lowest BCUT2D eigenvalue weighted by Crippen LogP contribution is -2.51. The van der Waals surface area contributed by atoms with Gasteiger partial charge in [0.2, 0.25) is 0 Å². The normalized spacial score (nSPS) is 17.1. The fourth-order valence-corrected chi connectivity index (χ4v) is 3.90. The number of ether oxygens (including phenoxy) is 1. The van der Waals surface area contributed by atoms with E-state index in [0.717, 1.165) is 45.4 Å². The van der Waals surface area contributed by atoms with Crippen molar-refractivity contribution in [2.24, 2.45) is 0 Å². The molecule has 0 radical (unpaired) electrons. The van der Waals surface area contributed by atoms with Gasteiger partial charge in [-0.05, 0) is 43.5 Å². The minimum atomic E-state index is -0.0436. The van der Waals surface area contributed by atoms with Crippen LogP contribution >= 0.6 is 0 Å². The average Bonchev–Trinajstić information content (AvgIpc) is 2.73. The van der Waals surface area contributed by atoms with Crippen LogP contribution in [0.3, 0.4) is 0 Å². The lowest BCUT2D eigenvalue weighted by atomic mass is 10.0. The number of hydrogen-bond donors (Lipinski definition) is 1. The number of urea groups is 1. The van der Waals surface area contributed by atoms with Gasteiger partial charge in [-0.3, -0.25) is 4.90 Å². The van der Waals surface area contributed by atoms with Gasteiger partial charge in [-0.1, -0.05) is 49.4 Å². The van der Waals surface area contributed by atoms with Crippen molar-refractivity contribution in [1.29, 1.82) is 0 Å². The highest BCUT2D eigenvalue weighted by atomic mass is 16.5. The molecule has 3 rings (SSSR count). The number of methoxy groups -OCH3 is 1. The standard InChI is InChI=1S/C23H31N3O2/c1-3-15-26(23(27)24-21-13-7-8-14-22(21)28-2)20-12-9-16-25(18-20)17-19-10-5-4-6-11-19/h4-8,10-11,13-14,20H,3,9,12,15-18H2,1-2H3,(H,24,27). The van der Waals surface area contributed by atoms with Crippen molar-refractivity contribution >= 4 is 11.7 Å². The Hall–Kier alpha value is -2.53. The highest BCUT2D eigenvalue weighted by molar-refractivity contribution is 5.91. The summed E-state index contributed by atoms with van der Waals surface area (Å²) < 4.78 is 5.37. The van der Waals surface area contributed by atoms with Crippen molar-refractivity contribution in [2.45, 2.75) is 38.8 Å². The quantitative estimate of drug-likeness (QED) is 0.762. The number of rotatable bonds is 7. The zero-order valence-electron chi connectivity index (χ0n) is 16.9. The molecule has 0 aliphatic carbocycles. The van der Waals surface area contributed by atoms with Crippen LogP contribution in [0.15, 0.2) is 54.6 Å². The molecule has 0 bridgehead atoms. The van der Waals surface area contributed by atoms with E-state index in [0.29, 0.717) is 11.4 Å². The summed E-state index contributed by atoms with van der Waals surface area (Å²) in [7, 11) is 1.62. The van der Waals surface area contributed by atoms with Crippen LogP contribution in [0, 0.1) is 0 Å². The van der Waals surface area contributed by atoms with E-state index < -0.39 is 0 Å². The Morgan fingerprint density at radius 2 is 1.93 bits per heavy atom. The predicted molar refractivity (Wildman–Crippen MR) is 114 cm³/mol. The molecule has 28 heavy (non-hydrogen) atoms. The van der Waals surface area contributed by atoms with E-state index in [9.17, 15) is 4.79 Å². The van der Waals surface area contributed by atoms with Gasteiger partial charge in [0.15, 0.2) is 0 Å². The van der Waals surface area contributed by atoms with Gasteiger partial charge in [-0.25, -0.2) is 4.79 Å². The zero-order valence-corrected chi connectivity index (χ0v) is 16.9. The third-order valence-electron chi connectivity index (χ3n) is 5.24. The monoisotopic (exact) mass is 381 g/mol. The molecule has 1 heterocycles. The largest absolute Gasteiger partial charge is 0.495 e. The average molecular weight is 382 g/mol. The fraction of sp³-hybridized carbons (Fsp3) is 0.435. The number of benzene rings is 2. The maximum absolute atomic E-state index is 13.1. The Morgan fingerprint density at radius 1 is 1.18 bits per heavy atom. The Morgan fingerprint density at radius 3 is 2.68 bits per heavy atom. The molecule has 1 fully saturated rings. The summed E-state index contributed by atoms with van der Waals surface area (Å²) in [6.45, 7) is 5.80. The summed E-state index contributed by atoms with van der Waals surface area (Å²) in [5, 5.41) is 3.05. The number of amides is 2. The molecule has 1 N–H and O–H groups in total. The number of para-hydroxylation sites is 2. The van der Waals surface area contributed by atoms with E-state index in [4.69, 9.17) is 4.74 Å². The molecule has 1 aliphatic heterocycles. The van der Waals surface area contributed by atoms with Gasteiger partial charge in [0.1, 0.15) is 5.75 Å². The van der Waals surface area contributed by atoms with Gasteiger partial charge >= 0.3 is 6.03 Å². The highest BCUT2D eigenvalue weighted by Crippen LogP contribution is 2.25. The molecule has 2 aromatic carbocycles. The summed E-state index contributed by atoms with van der Waals surface area (Å²) in [5.41, 5.74) is 2.04. The van der Waals surface area contributed by atoms with Crippen molar-refractivity contribution in [1.82, 2.24) is 9.80 Å². The van der Waals surface area contributed by atoms with Gasteiger partial charge in [0, 0.05) is 25.7 Å². The number of likely N-dealkylation sites (tertiary alicyclic amines) is 1. The van der Waals surface area contributed by atoms with Gasteiger partial charge in [0.25, 0.3) is 0 Å². The second-order valence-electron chi connectivity index (χ2n) is 7.34. The van der Waals surface area contributed by atoms with Crippen LogP contribution in [0.25, 0.3) is 0 Å². The van der Waals surface area contributed by atoms with Crippen molar-refractivity contribution in [3.63, 3.8) is 0 Å². The van der Waals surface area contributed by atoms with Crippen LogP contribution in [0.2, 0.25) is 0 Å². The molecule has 2 amide bonds. The zero-order chi connectivity index (χ0) is 19.8. The molecule has 0 saturated carbocycles. The van der Waals surface area contributed by atoms with Crippen LogP contribution in [0.4, 0.5) is 10.5 Å². The van der Waals surface area contributed by atoms with Crippen molar-refractivity contribution in [3.8, 4) is 5.75 Å². The van der Waals surface area contributed by atoms with E-state index in [1.165, 1.54) is 5.56 Å². The molecule has 0 aromatic heterocycles. The maximum Gasteiger partial charge on any atom is 0.322 e. The Labute approximate surface area is 168 Å². The smallest absolute Gasteiger partial charge is 0.322 e. The molecule has 1 saturated heterocycles. The number of nitrogens with one attached hydrogen (secondary N) is 1. The first-order valence-corrected chi connectivity index (χ1v) is 10.2.